The molecule has 0 bridgehead atoms. The van der Waals surface area contributed by atoms with E-state index in [4.69, 9.17) is 16.6 Å². The molecule has 1 fully saturated rings. The number of hydrogen-bond acceptors (Lipinski definition) is 6. The highest BCUT2D eigenvalue weighted by atomic mass is 35.5. The van der Waals surface area contributed by atoms with Gasteiger partial charge in [-0.25, -0.2) is 4.98 Å². The lowest BCUT2D eigenvalue weighted by molar-refractivity contribution is 0.0952. The number of thiazole rings is 1. The molecular formula is C24H25ClN4OS2. The van der Waals surface area contributed by atoms with Crippen LogP contribution in [0.2, 0.25) is 5.02 Å². The number of hydrogen-bond donors (Lipinski definition) is 1. The summed E-state index contributed by atoms with van der Waals surface area (Å²) in [6.07, 6.45) is 0. The number of fused-ring (bicyclic) bond motifs is 2. The van der Waals surface area contributed by atoms with Crippen LogP contribution in [0.1, 0.15) is 20.8 Å². The third kappa shape index (κ3) is 4.10. The number of carbonyl (C=O) groups is 1. The minimum Gasteiger partial charge on any atom is -0.350 e. The van der Waals surface area contributed by atoms with E-state index in [0.717, 1.165) is 53.5 Å². The number of halogens is 1. The molecular weight excluding hydrogens is 460 g/mol. The maximum absolute atomic E-state index is 12.6. The summed E-state index contributed by atoms with van der Waals surface area (Å²) in [5, 5.41) is 5.65. The average Bonchev–Trinajstić information content (AvgIpc) is 3.39. The summed E-state index contributed by atoms with van der Waals surface area (Å²) in [6.45, 7) is 9.57. The van der Waals surface area contributed by atoms with E-state index in [1.807, 2.05) is 24.3 Å². The zero-order chi connectivity index (χ0) is 22.2. The Bertz CT molecular complexity index is 1290. The van der Waals surface area contributed by atoms with Crippen LogP contribution in [0.5, 0.6) is 0 Å². The normalized spacial score (nSPS) is 15.0. The van der Waals surface area contributed by atoms with Crippen molar-refractivity contribution in [3.8, 4) is 0 Å². The predicted octanol–water partition coefficient (Wildman–Crippen LogP) is 5.33. The summed E-state index contributed by atoms with van der Waals surface area (Å²) >= 11 is 9.66. The number of piperazine rings is 1. The van der Waals surface area contributed by atoms with E-state index in [1.54, 1.807) is 11.3 Å². The Kier molecular flexibility index (Phi) is 6.07. The zero-order valence-electron chi connectivity index (χ0n) is 18.2. The monoisotopic (exact) mass is 484 g/mol. The number of amides is 1. The number of nitrogens with zero attached hydrogens (tertiary/aromatic N) is 3. The summed E-state index contributed by atoms with van der Waals surface area (Å²) < 4.78 is 2.30. The van der Waals surface area contributed by atoms with Gasteiger partial charge in [-0.15, -0.1) is 11.3 Å². The molecule has 0 aliphatic carbocycles. The molecule has 1 aliphatic rings. The first-order valence-electron chi connectivity index (χ1n) is 10.8. The van der Waals surface area contributed by atoms with Crippen LogP contribution in [0, 0.1) is 13.8 Å². The second-order valence-electron chi connectivity index (χ2n) is 8.18. The van der Waals surface area contributed by atoms with Gasteiger partial charge in [0.05, 0.1) is 15.2 Å². The summed E-state index contributed by atoms with van der Waals surface area (Å²) in [4.78, 5) is 22.9. The number of rotatable bonds is 5. The molecule has 1 N–H and O–H groups in total. The third-order valence-corrected chi connectivity index (χ3v) is 8.93. The number of thiophene rings is 1. The van der Waals surface area contributed by atoms with Crippen LogP contribution in [0.25, 0.3) is 20.3 Å². The number of benzene rings is 2. The van der Waals surface area contributed by atoms with E-state index in [-0.39, 0.29) is 5.91 Å². The van der Waals surface area contributed by atoms with Gasteiger partial charge in [0.1, 0.15) is 4.88 Å². The van der Waals surface area contributed by atoms with Gasteiger partial charge in [0.25, 0.3) is 5.91 Å². The smallest absolute Gasteiger partial charge is 0.262 e. The minimum atomic E-state index is -0.0880. The second-order valence-corrected chi connectivity index (χ2v) is 10.6. The molecule has 2 aromatic carbocycles. The number of aromatic nitrogens is 1. The second kappa shape index (κ2) is 8.98. The number of aryl methyl sites for hydroxylation is 2. The fraction of sp³-hybridized carbons (Fsp3) is 0.333. The molecule has 32 heavy (non-hydrogen) atoms. The highest BCUT2D eigenvalue weighted by Crippen LogP contribution is 2.35. The van der Waals surface area contributed by atoms with E-state index < -0.39 is 0 Å². The molecule has 0 unspecified atom stereocenters. The van der Waals surface area contributed by atoms with Gasteiger partial charge in [-0.2, -0.15) is 0 Å². The Hall–Kier alpha value is -2.19. The van der Waals surface area contributed by atoms with Crippen LogP contribution >= 0.6 is 34.3 Å². The lowest BCUT2D eigenvalue weighted by atomic mass is 10.1. The SMILES string of the molecule is Cc1ccc2sc(N3CCN(CCNC(=O)c4sc5ccccc5c4Cl)CC3)nc2c1C. The maximum Gasteiger partial charge on any atom is 0.262 e. The highest BCUT2D eigenvalue weighted by molar-refractivity contribution is 7.22. The van der Waals surface area contributed by atoms with Crippen LogP contribution in [-0.2, 0) is 0 Å². The van der Waals surface area contributed by atoms with Gasteiger partial charge >= 0.3 is 0 Å². The maximum atomic E-state index is 12.6. The molecule has 0 spiro atoms. The van der Waals surface area contributed by atoms with Crippen molar-refractivity contribution in [2.45, 2.75) is 13.8 Å². The summed E-state index contributed by atoms with van der Waals surface area (Å²) in [6, 6.07) is 12.2. The Labute approximate surface area is 200 Å². The van der Waals surface area contributed by atoms with Gasteiger partial charge in [0.15, 0.2) is 5.13 Å². The molecule has 0 saturated carbocycles. The van der Waals surface area contributed by atoms with Crippen molar-refractivity contribution < 1.29 is 4.79 Å². The fourth-order valence-electron chi connectivity index (χ4n) is 4.08. The molecule has 0 atom stereocenters. The lowest BCUT2D eigenvalue weighted by Gasteiger charge is -2.34. The summed E-state index contributed by atoms with van der Waals surface area (Å²) in [5.74, 6) is -0.0880. The first-order chi connectivity index (χ1) is 15.5. The zero-order valence-corrected chi connectivity index (χ0v) is 20.5. The van der Waals surface area contributed by atoms with E-state index in [1.165, 1.54) is 27.2 Å². The largest absolute Gasteiger partial charge is 0.350 e. The molecule has 3 heterocycles. The molecule has 8 heteroatoms. The Balaban J connectivity index is 1.14. The topological polar surface area (TPSA) is 48.5 Å². The van der Waals surface area contributed by atoms with Gasteiger partial charge in [-0.3, -0.25) is 9.69 Å². The van der Waals surface area contributed by atoms with Gasteiger partial charge < -0.3 is 10.2 Å². The van der Waals surface area contributed by atoms with Crippen LogP contribution < -0.4 is 10.2 Å². The first kappa shape index (κ1) is 21.6. The van der Waals surface area contributed by atoms with Crippen LogP contribution in [0.4, 0.5) is 5.13 Å². The van der Waals surface area contributed by atoms with Crippen molar-refractivity contribution in [2.75, 3.05) is 44.2 Å². The van der Waals surface area contributed by atoms with Crippen LogP contribution in [-0.4, -0.2) is 55.1 Å². The molecule has 1 aliphatic heterocycles. The highest BCUT2D eigenvalue weighted by Gasteiger charge is 2.21. The quantitative estimate of drug-likeness (QED) is 0.415. The average molecular weight is 485 g/mol. The lowest BCUT2D eigenvalue weighted by Crippen LogP contribution is -2.48. The molecule has 1 saturated heterocycles. The predicted molar refractivity (Wildman–Crippen MR) is 137 cm³/mol. The summed E-state index contributed by atoms with van der Waals surface area (Å²) in [7, 11) is 0. The van der Waals surface area contributed by atoms with E-state index in [9.17, 15) is 4.79 Å². The van der Waals surface area contributed by atoms with Crippen molar-refractivity contribution in [3.63, 3.8) is 0 Å². The van der Waals surface area contributed by atoms with Crippen LogP contribution in [0.15, 0.2) is 36.4 Å². The first-order valence-corrected chi connectivity index (χ1v) is 12.8. The van der Waals surface area contributed by atoms with Crippen molar-refractivity contribution in [1.29, 1.82) is 0 Å². The Morgan fingerprint density at radius 1 is 1.06 bits per heavy atom. The van der Waals surface area contributed by atoms with Gasteiger partial charge in [-0.1, -0.05) is 47.2 Å². The molecule has 2 aromatic heterocycles. The van der Waals surface area contributed by atoms with Gasteiger partial charge in [-0.05, 0) is 37.1 Å². The molecule has 0 radical (unpaired) electrons. The number of nitrogens with one attached hydrogen (secondary N) is 1. The standard InChI is InChI=1S/C24H25ClN4OS2/c1-15-7-8-19-21(16(15)2)27-24(32-19)29-13-11-28(12-14-29)10-9-26-23(30)22-20(25)17-5-3-4-6-18(17)31-22/h3-8H,9-14H2,1-2H3,(H,26,30). The number of anilines is 1. The van der Waals surface area contributed by atoms with Gasteiger partial charge in [0, 0.05) is 49.4 Å². The molecule has 1 amide bonds. The van der Waals surface area contributed by atoms with E-state index in [0.29, 0.717) is 16.4 Å². The van der Waals surface area contributed by atoms with E-state index in [2.05, 4.69) is 41.1 Å². The van der Waals surface area contributed by atoms with Crippen LogP contribution in [0.3, 0.4) is 0 Å². The van der Waals surface area contributed by atoms with Crippen molar-refractivity contribution in [2.24, 2.45) is 0 Å². The van der Waals surface area contributed by atoms with E-state index >= 15 is 0 Å². The Morgan fingerprint density at radius 2 is 1.84 bits per heavy atom. The van der Waals surface area contributed by atoms with Crippen molar-refractivity contribution in [3.05, 3.63) is 57.4 Å². The molecule has 5 nitrogen and oxygen atoms in total. The third-order valence-electron chi connectivity index (χ3n) is 6.17. The molecule has 4 aromatic rings. The minimum absolute atomic E-state index is 0.0880. The molecule has 166 valence electrons. The van der Waals surface area contributed by atoms with Gasteiger partial charge in [0.2, 0.25) is 0 Å². The number of carbonyl (C=O) groups excluding carboxylic acids is 1. The van der Waals surface area contributed by atoms with Crippen molar-refractivity contribution >= 4 is 65.6 Å². The fourth-order valence-corrected chi connectivity index (χ4v) is 6.59. The van der Waals surface area contributed by atoms with Crippen molar-refractivity contribution in [1.82, 2.24) is 15.2 Å². The molecule has 5 rings (SSSR count). The summed E-state index contributed by atoms with van der Waals surface area (Å²) in [5.41, 5.74) is 3.70. The Morgan fingerprint density at radius 3 is 2.62 bits per heavy atom.